The third-order valence-corrected chi connectivity index (χ3v) is 5.80. The zero-order valence-corrected chi connectivity index (χ0v) is 20.6. The van der Waals surface area contributed by atoms with Gasteiger partial charge >= 0.3 is 5.91 Å². The maximum Gasteiger partial charge on any atom is 0.307 e. The molecule has 2 atom stereocenters. The Hall–Kier alpha value is -3.35. The molecule has 9 nitrogen and oxygen atoms in total. The van der Waals surface area contributed by atoms with E-state index < -0.39 is 45.6 Å². The number of aliphatic hydroxyl groups is 1. The van der Waals surface area contributed by atoms with E-state index in [-0.39, 0.29) is 24.4 Å². The van der Waals surface area contributed by atoms with E-state index in [1.54, 1.807) is 0 Å². The summed E-state index contributed by atoms with van der Waals surface area (Å²) in [5.74, 6) is -3.13. The van der Waals surface area contributed by atoms with Crippen LogP contribution in [0.1, 0.15) is 34.3 Å². The molecule has 0 aliphatic rings. The summed E-state index contributed by atoms with van der Waals surface area (Å²) in [4.78, 5) is 16.4. The number of hydrogen-bond acceptors (Lipinski definition) is 7. The fourth-order valence-corrected chi connectivity index (χ4v) is 4.03. The van der Waals surface area contributed by atoms with Gasteiger partial charge in [0.05, 0.1) is 24.6 Å². The molecule has 3 rings (SSSR count). The Kier molecular flexibility index (Phi) is 9.13. The average molecular weight is 523 g/mol. The summed E-state index contributed by atoms with van der Waals surface area (Å²) < 4.78 is 57.3. The Balaban J connectivity index is 1.71. The first-order chi connectivity index (χ1) is 17.0. The topological polar surface area (TPSA) is 134 Å². The maximum absolute atomic E-state index is 13.7. The lowest BCUT2D eigenvalue weighted by Gasteiger charge is -2.24. The van der Waals surface area contributed by atoms with Gasteiger partial charge in [0.15, 0.2) is 0 Å². The van der Waals surface area contributed by atoms with Crippen LogP contribution in [0.25, 0.3) is 0 Å². The molecule has 0 saturated heterocycles. The number of anilines is 1. The van der Waals surface area contributed by atoms with Gasteiger partial charge in [-0.05, 0) is 41.7 Å². The van der Waals surface area contributed by atoms with E-state index in [1.807, 2.05) is 31.2 Å². The van der Waals surface area contributed by atoms with Gasteiger partial charge in [0.1, 0.15) is 11.6 Å². The van der Waals surface area contributed by atoms with Crippen LogP contribution in [-0.4, -0.2) is 49.4 Å². The number of rotatable bonds is 12. The van der Waals surface area contributed by atoms with E-state index in [0.717, 1.165) is 42.6 Å². The summed E-state index contributed by atoms with van der Waals surface area (Å²) in [6.07, 6.45) is 1.57. The average Bonchev–Trinajstić information content (AvgIpc) is 3.25. The van der Waals surface area contributed by atoms with E-state index in [9.17, 15) is 27.1 Å². The molecule has 12 heteroatoms. The number of halogens is 2. The molecule has 1 heterocycles. The standard InChI is InChI=1S/C24H28F2N4O5S/c1-3-15-5-4-6-16(7-15)12-27-13-21(31)20(10-17-8-18(25)11-19(26)9-17)29-23(32)24-28-14-22(35-24)30-36(2,33)34/h4-9,11,14,20-21,27,30-31H,3,10,12-13H2,1-2H3,(H,29,32). The number of amides is 1. The van der Waals surface area contributed by atoms with Gasteiger partial charge < -0.3 is 20.2 Å². The summed E-state index contributed by atoms with van der Waals surface area (Å²) in [6, 6.07) is 9.90. The van der Waals surface area contributed by atoms with Crippen LogP contribution in [0, 0.1) is 11.6 Å². The number of carbonyl (C=O) groups excluding carboxylic acids is 1. The first-order valence-corrected chi connectivity index (χ1v) is 13.1. The van der Waals surface area contributed by atoms with E-state index in [4.69, 9.17) is 4.42 Å². The first kappa shape index (κ1) is 27.2. The van der Waals surface area contributed by atoms with Gasteiger partial charge in [-0.2, -0.15) is 0 Å². The number of nitrogens with one attached hydrogen (secondary N) is 3. The van der Waals surface area contributed by atoms with Gasteiger partial charge in [0.2, 0.25) is 15.9 Å². The molecule has 2 unspecified atom stereocenters. The molecule has 0 fully saturated rings. The van der Waals surface area contributed by atoms with Crippen LogP contribution < -0.4 is 15.4 Å². The number of nitrogens with zero attached hydrogens (tertiary/aromatic N) is 1. The molecule has 1 amide bonds. The molecule has 0 bridgehead atoms. The molecule has 0 radical (unpaired) electrons. The predicted octanol–water partition coefficient (Wildman–Crippen LogP) is 2.38. The molecule has 4 N–H and O–H groups in total. The van der Waals surface area contributed by atoms with Crippen LogP contribution >= 0.6 is 0 Å². The lowest BCUT2D eigenvalue weighted by Crippen LogP contribution is -2.48. The minimum Gasteiger partial charge on any atom is -0.415 e. The minimum atomic E-state index is -3.65. The van der Waals surface area contributed by atoms with Crippen LogP contribution in [-0.2, 0) is 29.4 Å². The molecule has 3 aromatic rings. The van der Waals surface area contributed by atoms with E-state index in [0.29, 0.717) is 6.54 Å². The van der Waals surface area contributed by atoms with Crippen LogP contribution in [0.2, 0.25) is 0 Å². The van der Waals surface area contributed by atoms with Crippen molar-refractivity contribution < 1.29 is 31.5 Å². The number of carbonyl (C=O) groups is 1. The second-order valence-electron chi connectivity index (χ2n) is 8.34. The molecule has 0 spiro atoms. The van der Waals surface area contributed by atoms with Crippen molar-refractivity contribution in [3.8, 4) is 0 Å². The van der Waals surface area contributed by atoms with E-state index in [1.165, 1.54) is 5.56 Å². The summed E-state index contributed by atoms with van der Waals surface area (Å²) in [5, 5.41) is 16.5. The number of aliphatic hydroxyl groups excluding tert-OH is 1. The van der Waals surface area contributed by atoms with Crippen molar-refractivity contribution in [2.24, 2.45) is 0 Å². The third-order valence-electron chi connectivity index (χ3n) is 5.23. The smallest absolute Gasteiger partial charge is 0.307 e. The highest BCUT2D eigenvalue weighted by molar-refractivity contribution is 7.92. The summed E-state index contributed by atoms with van der Waals surface area (Å²) in [5.41, 5.74) is 2.41. The molecule has 36 heavy (non-hydrogen) atoms. The minimum absolute atomic E-state index is 0.0611. The zero-order chi connectivity index (χ0) is 26.3. The number of benzene rings is 2. The monoisotopic (exact) mass is 522 g/mol. The zero-order valence-electron chi connectivity index (χ0n) is 19.8. The lowest BCUT2D eigenvalue weighted by atomic mass is 10.0. The fraction of sp³-hybridized carbons (Fsp3) is 0.333. The van der Waals surface area contributed by atoms with Crippen molar-refractivity contribution in [2.45, 2.75) is 38.5 Å². The van der Waals surface area contributed by atoms with Gasteiger partial charge in [0.25, 0.3) is 5.89 Å². The molecule has 1 aromatic heterocycles. The number of oxazole rings is 1. The maximum atomic E-state index is 13.7. The largest absolute Gasteiger partial charge is 0.415 e. The van der Waals surface area contributed by atoms with Gasteiger partial charge in [-0.1, -0.05) is 31.2 Å². The van der Waals surface area contributed by atoms with Crippen LogP contribution in [0.4, 0.5) is 14.7 Å². The van der Waals surface area contributed by atoms with Crippen molar-refractivity contribution in [1.29, 1.82) is 0 Å². The Labute approximate surface area is 208 Å². The Morgan fingerprint density at radius 1 is 1.11 bits per heavy atom. The second-order valence-corrected chi connectivity index (χ2v) is 10.1. The molecular weight excluding hydrogens is 494 g/mol. The highest BCUT2D eigenvalue weighted by Gasteiger charge is 2.25. The third kappa shape index (κ3) is 8.40. The SMILES string of the molecule is CCc1cccc(CNCC(O)C(Cc2cc(F)cc(F)c2)NC(=O)c2ncc(NS(C)(=O)=O)o2)c1. The molecular formula is C24H28F2N4O5S. The van der Waals surface area contributed by atoms with Crippen molar-refractivity contribution in [3.05, 3.63) is 82.9 Å². The van der Waals surface area contributed by atoms with Crippen LogP contribution in [0.3, 0.4) is 0 Å². The van der Waals surface area contributed by atoms with Crippen molar-refractivity contribution in [3.63, 3.8) is 0 Å². The van der Waals surface area contributed by atoms with Crippen molar-refractivity contribution >= 4 is 21.8 Å². The normalized spacial score (nSPS) is 13.2. The van der Waals surface area contributed by atoms with E-state index >= 15 is 0 Å². The summed E-state index contributed by atoms with van der Waals surface area (Å²) in [7, 11) is -3.65. The lowest BCUT2D eigenvalue weighted by molar-refractivity contribution is 0.0799. The molecule has 0 aliphatic heterocycles. The molecule has 194 valence electrons. The van der Waals surface area contributed by atoms with Crippen molar-refractivity contribution in [1.82, 2.24) is 15.6 Å². The van der Waals surface area contributed by atoms with Crippen LogP contribution in [0.5, 0.6) is 0 Å². The van der Waals surface area contributed by atoms with Gasteiger partial charge in [-0.25, -0.2) is 22.2 Å². The van der Waals surface area contributed by atoms with Crippen molar-refractivity contribution in [2.75, 3.05) is 17.5 Å². The second kappa shape index (κ2) is 12.1. The molecule has 0 saturated carbocycles. The number of sulfonamides is 1. The Morgan fingerprint density at radius 2 is 1.81 bits per heavy atom. The quantitative estimate of drug-likeness (QED) is 0.287. The first-order valence-electron chi connectivity index (χ1n) is 11.2. The molecule has 0 aliphatic carbocycles. The summed E-state index contributed by atoms with van der Waals surface area (Å²) in [6.45, 7) is 2.57. The highest BCUT2D eigenvalue weighted by Crippen LogP contribution is 2.15. The number of aryl methyl sites for hydroxylation is 1. The number of aromatic nitrogens is 1. The predicted molar refractivity (Wildman–Crippen MR) is 130 cm³/mol. The van der Waals surface area contributed by atoms with E-state index in [2.05, 4.69) is 20.3 Å². The highest BCUT2D eigenvalue weighted by atomic mass is 32.2. The molecule has 2 aromatic carbocycles. The van der Waals surface area contributed by atoms with Crippen LogP contribution in [0.15, 0.2) is 53.1 Å². The number of hydrogen-bond donors (Lipinski definition) is 4. The summed E-state index contributed by atoms with van der Waals surface area (Å²) >= 11 is 0. The Bertz CT molecular complexity index is 1280. The van der Waals surface area contributed by atoms with Gasteiger partial charge in [0, 0.05) is 19.2 Å². The Morgan fingerprint density at radius 3 is 2.47 bits per heavy atom. The van der Waals surface area contributed by atoms with Gasteiger partial charge in [-0.3, -0.25) is 9.52 Å². The van der Waals surface area contributed by atoms with Gasteiger partial charge in [-0.15, -0.1) is 0 Å². The fourth-order valence-electron chi connectivity index (χ4n) is 3.57.